The van der Waals surface area contributed by atoms with Crippen LogP contribution in [0.25, 0.3) is 0 Å². The number of hydrogen-bond donors (Lipinski definition) is 1. The van der Waals surface area contributed by atoms with Crippen molar-refractivity contribution in [3.05, 3.63) is 35.9 Å². The van der Waals surface area contributed by atoms with Gasteiger partial charge in [-0.05, 0) is 12.5 Å². The van der Waals surface area contributed by atoms with E-state index in [1.54, 1.807) is 0 Å². The predicted molar refractivity (Wildman–Crippen MR) is 49.4 cm³/mol. The van der Waals surface area contributed by atoms with Crippen molar-refractivity contribution in [2.45, 2.75) is 19.5 Å². The molecule has 64 valence electrons. The Morgan fingerprint density at radius 1 is 1.42 bits per heavy atom. The summed E-state index contributed by atoms with van der Waals surface area (Å²) in [4.78, 5) is 0. The summed E-state index contributed by atoms with van der Waals surface area (Å²) < 4.78 is 0. The summed E-state index contributed by atoms with van der Waals surface area (Å²) in [6.07, 6.45) is 0. The van der Waals surface area contributed by atoms with Crippen LogP contribution in [-0.2, 0) is 6.54 Å². The monoisotopic (exact) mass is 162 g/mol. The molecule has 1 N–H and O–H groups in total. The molecule has 2 rings (SSSR count). The van der Waals surface area contributed by atoms with Crippen molar-refractivity contribution in [3.8, 4) is 0 Å². The summed E-state index contributed by atoms with van der Waals surface area (Å²) in [6.45, 7) is 4.36. The third-order valence-corrected chi connectivity index (χ3v) is 2.19. The first-order valence-corrected chi connectivity index (χ1v) is 4.40. The van der Waals surface area contributed by atoms with Crippen LogP contribution in [0.4, 0.5) is 0 Å². The molecule has 2 atom stereocenters. The summed E-state index contributed by atoms with van der Waals surface area (Å²) >= 11 is 0. The molecule has 0 spiro atoms. The third kappa shape index (κ3) is 1.84. The van der Waals surface area contributed by atoms with Gasteiger partial charge < -0.3 is 0 Å². The van der Waals surface area contributed by atoms with Crippen molar-refractivity contribution in [2.75, 3.05) is 6.54 Å². The topological polar surface area (TPSA) is 15.0 Å². The zero-order valence-corrected chi connectivity index (χ0v) is 7.33. The van der Waals surface area contributed by atoms with Gasteiger partial charge in [0.1, 0.15) is 0 Å². The van der Waals surface area contributed by atoms with Crippen LogP contribution in [0.3, 0.4) is 0 Å². The first-order chi connectivity index (χ1) is 5.86. The van der Waals surface area contributed by atoms with Gasteiger partial charge in [-0.1, -0.05) is 30.3 Å². The van der Waals surface area contributed by atoms with E-state index < -0.39 is 0 Å². The SMILES string of the molecule is CC1CN1NCc1ccccc1. The Morgan fingerprint density at radius 3 is 2.67 bits per heavy atom. The number of hydrogen-bond acceptors (Lipinski definition) is 2. The third-order valence-electron chi connectivity index (χ3n) is 2.19. The molecule has 2 unspecified atom stereocenters. The fourth-order valence-corrected chi connectivity index (χ4v) is 1.25. The van der Waals surface area contributed by atoms with Gasteiger partial charge in [0.05, 0.1) is 0 Å². The Hall–Kier alpha value is -0.860. The number of hydrazine groups is 1. The highest BCUT2D eigenvalue weighted by molar-refractivity contribution is 5.14. The standard InChI is InChI=1S/C10H14N2/c1-9-8-12(9)11-7-10-5-3-2-4-6-10/h2-6,9,11H,7-8H2,1H3. The molecule has 1 aromatic rings. The minimum absolute atomic E-state index is 0.730. The van der Waals surface area contributed by atoms with Gasteiger partial charge in [-0.2, -0.15) is 0 Å². The second kappa shape index (κ2) is 3.25. The van der Waals surface area contributed by atoms with Gasteiger partial charge in [0.15, 0.2) is 0 Å². The van der Waals surface area contributed by atoms with Crippen LogP contribution in [0, 0.1) is 0 Å². The lowest BCUT2D eigenvalue weighted by Crippen LogP contribution is -2.21. The first-order valence-electron chi connectivity index (χ1n) is 4.40. The lowest BCUT2D eigenvalue weighted by molar-refractivity contribution is 0.374. The maximum absolute atomic E-state index is 3.36. The fourth-order valence-electron chi connectivity index (χ4n) is 1.25. The molecule has 2 nitrogen and oxygen atoms in total. The van der Waals surface area contributed by atoms with E-state index in [0.29, 0.717) is 0 Å². The average molecular weight is 162 g/mol. The highest BCUT2D eigenvalue weighted by Gasteiger charge is 2.27. The van der Waals surface area contributed by atoms with Crippen molar-refractivity contribution in [2.24, 2.45) is 0 Å². The first kappa shape index (κ1) is 7.77. The second-order valence-electron chi connectivity index (χ2n) is 3.32. The van der Waals surface area contributed by atoms with Crippen LogP contribution >= 0.6 is 0 Å². The van der Waals surface area contributed by atoms with Gasteiger partial charge in [-0.15, -0.1) is 0 Å². The number of nitrogens with zero attached hydrogens (tertiary/aromatic N) is 1. The normalized spacial score (nSPS) is 27.1. The molecule has 1 aliphatic rings. The number of benzene rings is 1. The van der Waals surface area contributed by atoms with Crippen LogP contribution in [0.1, 0.15) is 12.5 Å². The highest BCUT2D eigenvalue weighted by atomic mass is 15.6. The van der Waals surface area contributed by atoms with Gasteiger partial charge in [-0.25, -0.2) is 5.01 Å². The molecule has 1 heterocycles. The van der Waals surface area contributed by atoms with Crippen LogP contribution in [-0.4, -0.2) is 17.6 Å². The molecule has 0 radical (unpaired) electrons. The minimum atomic E-state index is 0.730. The van der Waals surface area contributed by atoms with Crippen molar-refractivity contribution < 1.29 is 0 Å². The van der Waals surface area contributed by atoms with E-state index in [2.05, 4.69) is 41.6 Å². The van der Waals surface area contributed by atoms with Crippen LogP contribution in [0.15, 0.2) is 30.3 Å². The Bertz CT molecular complexity index is 245. The highest BCUT2D eigenvalue weighted by Crippen LogP contribution is 2.11. The average Bonchev–Trinajstić information content (AvgIpc) is 2.81. The zero-order valence-electron chi connectivity index (χ0n) is 7.33. The Morgan fingerprint density at radius 2 is 2.08 bits per heavy atom. The molecule has 1 saturated heterocycles. The largest absolute Gasteiger partial charge is 0.250 e. The van der Waals surface area contributed by atoms with Gasteiger partial charge in [0.2, 0.25) is 0 Å². The lowest BCUT2D eigenvalue weighted by atomic mass is 10.2. The zero-order chi connectivity index (χ0) is 8.39. The maximum Gasteiger partial charge on any atom is 0.0357 e. The smallest absolute Gasteiger partial charge is 0.0357 e. The predicted octanol–water partition coefficient (Wildman–Crippen LogP) is 1.40. The summed E-state index contributed by atoms with van der Waals surface area (Å²) in [5.41, 5.74) is 4.70. The van der Waals surface area contributed by atoms with E-state index in [4.69, 9.17) is 0 Å². The lowest BCUT2D eigenvalue weighted by Gasteiger charge is -2.04. The van der Waals surface area contributed by atoms with Gasteiger partial charge >= 0.3 is 0 Å². The van der Waals surface area contributed by atoms with Crippen molar-refractivity contribution in [3.63, 3.8) is 0 Å². The molecule has 0 bridgehead atoms. The molecule has 1 fully saturated rings. The van der Waals surface area contributed by atoms with E-state index in [1.165, 1.54) is 12.1 Å². The molecule has 0 saturated carbocycles. The van der Waals surface area contributed by atoms with Gasteiger partial charge in [0.25, 0.3) is 0 Å². The summed E-state index contributed by atoms with van der Waals surface area (Å²) in [5, 5.41) is 2.24. The Kier molecular flexibility index (Phi) is 2.11. The van der Waals surface area contributed by atoms with Crippen molar-refractivity contribution in [1.29, 1.82) is 0 Å². The molecule has 12 heavy (non-hydrogen) atoms. The Labute approximate surface area is 73.2 Å². The molecule has 0 aromatic heterocycles. The minimum Gasteiger partial charge on any atom is -0.250 e. The number of rotatable bonds is 3. The summed E-state index contributed by atoms with van der Waals surface area (Å²) in [5.74, 6) is 0. The maximum atomic E-state index is 3.36. The van der Waals surface area contributed by atoms with E-state index >= 15 is 0 Å². The number of nitrogens with one attached hydrogen (secondary N) is 1. The second-order valence-corrected chi connectivity index (χ2v) is 3.32. The molecule has 1 aromatic carbocycles. The van der Waals surface area contributed by atoms with E-state index in [0.717, 1.165) is 12.6 Å². The van der Waals surface area contributed by atoms with Crippen molar-refractivity contribution >= 4 is 0 Å². The molecule has 0 aliphatic carbocycles. The summed E-state index contributed by atoms with van der Waals surface area (Å²) in [7, 11) is 0. The molecule has 0 amide bonds. The molecular formula is C10H14N2. The van der Waals surface area contributed by atoms with Crippen LogP contribution in [0.5, 0.6) is 0 Å². The molecule has 2 heteroatoms. The van der Waals surface area contributed by atoms with E-state index in [-0.39, 0.29) is 0 Å². The molecular weight excluding hydrogens is 148 g/mol. The molecule has 1 aliphatic heterocycles. The van der Waals surface area contributed by atoms with E-state index in [1.807, 2.05) is 6.07 Å². The van der Waals surface area contributed by atoms with Crippen LogP contribution in [0.2, 0.25) is 0 Å². The van der Waals surface area contributed by atoms with E-state index in [9.17, 15) is 0 Å². The van der Waals surface area contributed by atoms with Gasteiger partial charge in [-0.3, -0.25) is 5.43 Å². The quantitative estimate of drug-likeness (QED) is 0.676. The fraction of sp³-hybridized carbons (Fsp3) is 0.400. The Balaban J connectivity index is 1.80. The van der Waals surface area contributed by atoms with Crippen LogP contribution < -0.4 is 5.43 Å². The van der Waals surface area contributed by atoms with Crippen molar-refractivity contribution in [1.82, 2.24) is 10.4 Å². The van der Waals surface area contributed by atoms with Gasteiger partial charge in [0, 0.05) is 19.1 Å². The summed E-state index contributed by atoms with van der Waals surface area (Å²) in [6, 6.07) is 11.2.